The van der Waals surface area contributed by atoms with Crippen molar-refractivity contribution in [3.63, 3.8) is 0 Å². The fraction of sp³-hybridized carbons (Fsp3) is 0.234. The van der Waals surface area contributed by atoms with Crippen LogP contribution in [0, 0.1) is 15.9 Å². The molecule has 0 fully saturated rings. The van der Waals surface area contributed by atoms with Gasteiger partial charge in [0.15, 0.2) is 23.3 Å². The van der Waals surface area contributed by atoms with Crippen molar-refractivity contribution in [2.24, 2.45) is 0 Å². The molecule has 8 N–H and O–H groups in total. The highest BCUT2D eigenvalue weighted by Crippen LogP contribution is 2.42. The van der Waals surface area contributed by atoms with Crippen molar-refractivity contribution in [2.45, 2.75) is 57.5 Å². The molecule has 0 saturated carbocycles. The zero-order chi connectivity index (χ0) is 52.8. The number of ether oxygens (including phenoxy) is 2. The molecule has 24 heteroatoms. The Morgan fingerprint density at radius 2 is 1.35 bits per heavy atom. The fourth-order valence-corrected chi connectivity index (χ4v) is 7.85. The average molecular weight is 1090 g/mol. The van der Waals surface area contributed by atoms with E-state index in [0.717, 1.165) is 44.5 Å². The molecular weight excluding hydrogens is 1040 g/mol. The lowest BCUT2D eigenvalue weighted by atomic mass is 9.96. The van der Waals surface area contributed by atoms with Crippen LogP contribution < -0.4 is 21.3 Å². The Morgan fingerprint density at radius 1 is 0.761 bits per heavy atom. The summed E-state index contributed by atoms with van der Waals surface area (Å²) < 4.78 is 26.2. The molecule has 0 aliphatic carbocycles. The standard InChI is InChI=1S/C47H44BrCl2FN6O14/c1-21(58)52-33-19-23(9-13-29(33)48)28-15-25(20-35(60)40(28)61)36(55-46(67)71-47(2,3)4)42(63)53-37(26-16-30(49)41(62)31(50)17-26)44(65)56(5)39(24-10-14-34(57(68)69)32(51)18-24)43(64)54-38(45(66)70-6)22-7-11-27(59)12-8-22/h7-20,36-39,59-62H,1-6H3,(H,52,58)(H,53,63)(H,54,64)(H,55,67)/t36-,37-,38-,39+/m1/s1. The van der Waals surface area contributed by atoms with Gasteiger partial charge in [0.05, 0.1) is 27.8 Å². The van der Waals surface area contributed by atoms with Crippen LogP contribution in [0.4, 0.5) is 20.6 Å². The van der Waals surface area contributed by atoms with Crippen LogP contribution in [0.1, 0.15) is 74.1 Å². The lowest BCUT2D eigenvalue weighted by molar-refractivity contribution is -0.387. The Kier molecular flexibility index (Phi) is 17.1. The van der Waals surface area contributed by atoms with Gasteiger partial charge in [-0.2, -0.15) is 4.39 Å². The molecule has 0 unspecified atom stereocenters. The highest BCUT2D eigenvalue weighted by molar-refractivity contribution is 9.10. The molecule has 0 heterocycles. The van der Waals surface area contributed by atoms with Gasteiger partial charge in [-0.25, -0.2) is 9.59 Å². The number of hydrogen-bond acceptors (Lipinski definition) is 14. The predicted molar refractivity (Wildman–Crippen MR) is 258 cm³/mol. The predicted octanol–water partition coefficient (Wildman–Crippen LogP) is 7.90. The van der Waals surface area contributed by atoms with Crippen molar-refractivity contribution < 1.29 is 68.0 Å². The maximum absolute atomic E-state index is 15.4. The number of alkyl carbamates (subject to hydrolysis) is 1. The molecule has 5 rings (SSSR count). The topological polar surface area (TPSA) is 296 Å². The molecule has 0 spiro atoms. The van der Waals surface area contributed by atoms with E-state index in [1.165, 1.54) is 76.2 Å². The molecule has 0 aliphatic heterocycles. The number of hydrogen-bond donors (Lipinski definition) is 8. The first kappa shape index (κ1) is 54.3. The summed E-state index contributed by atoms with van der Waals surface area (Å²) in [7, 11) is 2.04. The molecule has 0 aliphatic rings. The Morgan fingerprint density at radius 3 is 1.92 bits per heavy atom. The first-order valence-electron chi connectivity index (χ1n) is 20.7. The highest BCUT2D eigenvalue weighted by Gasteiger charge is 2.39. The third kappa shape index (κ3) is 13.1. The number of likely N-dealkylation sites (N-methyl/N-ethyl adjacent to an activating group) is 1. The quantitative estimate of drug-likeness (QED) is 0.0214. The van der Waals surface area contributed by atoms with Crippen LogP contribution in [0.2, 0.25) is 10.0 Å². The van der Waals surface area contributed by atoms with Crippen LogP contribution in [0.25, 0.3) is 11.1 Å². The summed E-state index contributed by atoms with van der Waals surface area (Å²) in [5.41, 5.74) is -2.64. The minimum atomic E-state index is -2.03. The average Bonchev–Trinajstić information content (AvgIpc) is 3.28. The number of nitrogens with zero attached hydrogens (tertiary/aromatic N) is 2. The number of aromatic hydroxyl groups is 4. The third-order valence-electron chi connectivity index (χ3n) is 10.3. The summed E-state index contributed by atoms with van der Waals surface area (Å²) in [6.45, 7) is 5.83. The first-order chi connectivity index (χ1) is 33.2. The zero-order valence-corrected chi connectivity index (χ0v) is 41.3. The molecule has 20 nitrogen and oxygen atoms in total. The van der Waals surface area contributed by atoms with Crippen LogP contribution in [-0.4, -0.2) is 85.7 Å². The zero-order valence-electron chi connectivity index (χ0n) is 38.2. The minimum absolute atomic E-state index is 0.0735. The summed E-state index contributed by atoms with van der Waals surface area (Å²) in [4.78, 5) is 94.4. The summed E-state index contributed by atoms with van der Waals surface area (Å²) in [5.74, 6) is -8.93. The van der Waals surface area contributed by atoms with Gasteiger partial charge in [0.1, 0.15) is 29.5 Å². The van der Waals surface area contributed by atoms with E-state index in [2.05, 4.69) is 37.2 Å². The fourth-order valence-electron chi connectivity index (χ4n) is 7.00. The van der Waals surface area contributed by atoms with Gasteiger partial charge in [0.25, 0.3) is 0 Å². The molecule has 0 radical (unpaired) electrons. The van der Waals surface area contributed by atoms with Crippen LogP contribution >= 0.6 is 39.1 Å². The molecule has 374 valence electrons. The van der Waals surface area contributed by atoms with Crippen molar-refractivity contribution in [1.29, 1.82) is 0 Å². The summed E-state index contributed by atoms with van der Waals surface area (Å²) in [5, 5.41) is 63.3. The van der Waals surface area contributed by atoms with E-state index in [0.29, 0.717) is 15.4 Å². The number of halogens is 4. The Labute approximate surface area is 421 Å². The number of nitro benzene ring substituents is 1. The molecule has 5 aromatic carbocycles. The Balaban J connectivity index is 1.68. The monoisotopic (exact) mass is 1080 g/mol. The number of anilines is 1. The van der Waals surface area contributed by atoms with Crippen LogP contribution in [-0.2, 0) is 33.4 Å². The number of carbonyl (C=O) groups is 6. The minimum Gasteiger partial charge on any atom is -0.508 e. The molecule has 4 atom stereocenters. The molecule has 71 heavy (non-hydrogen) atoms. The number of benzene rings is 5. The highest BCUT2D eigenvalue weighted by atomic mass is 79.9. The van der Waals surface area contributed by atoms with Crippen molar-refractivity contribution in [3.05, 3.63) is 138 Å². The van der Waals surface area contributed by atoms with Crippen LogP contribution in [0.5, 0.6) is 23.0 Å². The van der Waals surface area contributed by atoms with Crippen molar-refractivity contribution in [2.75, 3.05) is 19.5 Å². The Bertz CT molecular complexity index is 2920. The van der Waals surface area contributed by atoms with Crippen molar-refractivity contribution >= 4 is 86.2 Å². The van der Waals surface area contributed by atoms with E-state index in [-0.39, 0.29) is 39.3 Å². The smallest absolute Gasteiger partial charge is 0.408 e. The van der Waals surface area contributed by atoms with Crippen LogP contribution in [0.3, 0.4) is 0 Å². The van der Waals surface area contributed by atoms with E-state index < -0.39 is 115 Å². The van der Waals surface area contributed by atoms with Crippen molar-refractivity contribution in [3.8, 4) is 34.1 Å². The van der Waals surface area contributed by atoms with Gasteiger partial charge < -0.3 is 56.1 Å². The second kappa shape index (κ2) is 22.4. The molecule has 5 aromatic rings. The number of carbonyl (C=O) groups excluding carboxylic acids is 6. The van der Waals surface area contributed by atoms with E-state index in [9.17, 15) is 54.5 Å². The lowest BCUT2D eigenvalue weighted by Crippen LogP contribution is -2.50. The number of phenols is 4. The number of methoxy groups -OCH3 is 1. The number of rotatable bonds is 15. The van der Waals surface area contributed by atoms with E-state index in [1.807, 2.05) is 0 Å². The Hall–Kier alpha value is -7.69. The van der Waals surface area contributed by atoms with Gasteiger partial charge in [-0.15, -0.1) is 0 Å². The third-order valence-corrected chi connectivity index (χ3v) is 11.5. The van der Waals surface area contributed by atoms with Crippen LogP contribution in [0.15, 0.2) is 89.4 Å². The van der Waals surface area contributed by atoms with Gasteiger partial charge in [-0.1, -0.05) is 41.4 Å². The number of nitro groups is 1. The van der Waals surface area contributed by atoms with Gasteiger partial charge in [-0.3, -0.25) is 29.3 Å². The summed E-state index contributed by atoms with van der Waals surface area (Å²) in [6.07, 6.45) is -1.19. The number of esters is 1. The van der Waals surface area contributed by atoms with E-state index in [1.54, 1.807) is 0 Å². The van der Waals surface area contributed by atoms with E-state index >= 15 is 9.18 Å². The normalized spacial score (nSPS) is 12.8. The second-order valence-electron chi connectivity index (χ2n) is 16.5. The molecule has 0 aromatic heterocycles. The molecule has 0 bridgehead atoms. The molecule has 0 saturated heterocycles. The molecule has 5 amide bonds. The SMILES string of the molecule is COC(=O)[C@H](NC(=O)[C@H](c1ccc([N+](=O)[O-])c(F)c1)N(C)C(=O)[C@H](NC(=O)[C@H](NC(=O)OC(C)(C)C)c1cc(O)c(O)c(-c2ccc(Br)c(NC(C)=O)c2)c1)c1cc(Cl)c(O)c(Cl)c1)c1ccc(O)cc1. The summed E-state index contributed by atoms with van der Waals surface area (Å²) >= 11 is 16.0. The lowest BCUT2D eigenvalue weighted by Gasteiger charge is -2.33. The second-order valence-corrected chi connectivity index (χ2v) is 18.2. The number of amides is 5. The summed E-state index contributed by atoms with van der Waals surface area (Å²) in [6, 6.07) is 8.28. The van der Waals surface area contributed by atoms with E-state index in [4.69, 9.17) is 32.7 Å². The van der Waals surface area contributed by atoms with Gasteiger partial charge in [-0.05, 0) is 125 Å². The largest absolute Gasteiger partial charge is 0.508 e. The molecular formula is C47H44BrCl2FN6O14. The first-order valence-corrected chi connectivity index (χ1v) is 22.2. The van der Waals surface area contributed by atoms with Crippen molar-refractivity contribution in [1.82, 2.24) is 20.9 Å². The van der Waals surface area contributed by atoms with Gasteiger partial charge >= 0.3 is 17.7 Å². The number of nitrogens with one attached hydrogen (secondary N) is 4. The maximum atomic E-state index is 15.4. The number of phenolic OH excluding ortho intramolecular Hbond substituents is 4. The maximum Gasteiger partial charge on any atom is 0.408 e. The van der Waals surface area contributed by atoms with Gasteiger partial charge in [0.2, 0.25) is 29.4 Å². The van der Waals surface area contributed by atoms with Gasteiger partial charge in [0, 0.05) is 30.1 Å².